The average molecular weight is 291 g/mol. The van der Waals surface area contributed by atoms with E-state index in [-0.39, 0.29) is 13.2 Å². The van der Waals surface area contributed by atoms with E-state index in [1.807, 2.05) is 30.1 Å². The summed E-state index contributed by atoms with van der Waals surface area (Å²) in [5.41, 5.74) is 0.176. The molecule has 114 valence electrons. The van der Waals surface area contributed by atoms with E-state index in [1.54, 1.807) is 19.9 Å². The van der Waals surface area contributed by atoms with Crippen LogP contribution in [0.3, 0.4) is 0 Å². The quantitative estimate of drug-likeness (QED) is 0.626. The Morgan fingerprint density at radius 3 is 2.29 bits per heavy atom. The molecule has 21 heavy (non-hydrogen) atoms. The van der Waals surface area contributed by atoms with Gasteiger partial charge < -0.3 is 14.4 Å². The molecule has 0 spiro atoms. The maximum atomic E-state index is 12.6. The van der Waals surface area contributed by atoms with Crippen LogP contribution in [0.5, 0.6) is 0 Å². The number of fused-ring (bicyclic) bond motifs is 1. The third-order valence-electron chi connectivity index (χ3n) is 3.85. The number of esters is 2. The zero-order chi connectivity index (χ0) is 15.5. The molecule has 5 nitrogen and oxygen atoms in total. The first-order chi connectivity index (χ1) is 10.1. The molecule has 5 heteroatoms. The summed E-state index contributed by atoms with van der Waals surface area (Å²) in [6.07, 6.45) is 0.359. The summed E-state index contributed by atoms with van der Waals surface area (Å²) in [6.45, 7) is 4.53. The lowest BCUT2D eigenvalue weighted by Crippen LogP contribution is -2.51. The van der Waals surface area contributed by atoms with Gasteiger partial charge in [0.1, 0.15) is 0 Å². The predicted octanol–water partition coefficient (Wildman–Crippen LogP) is 1.89. The zero-order valence-corrected chi connectivity index (χ0v) is 12.7. The van der Waals surface area contributed by atoms with Crippen LogP contribution in [0.25, 0.3) is 0 Å². The highest BCUT2D eigenvalue weighted by Crippen LogP contribution is 2.41. The van der Waals surface area contributed by atoms with E-state index in [9.17, 15) is 9.59 Å². The summed E-state index contributed by atoms with van der Waals surface area (Å²) < 4.78 is 10.4. The van der Waals surface area contributed by atoms with Gasteiger partial charge in [-0.05, 0) is 26.3 Å². The molecule has 0 amide bonds. The topological polar surface area (TPSA) is 55.8 Å². The Morgan fingerprint density at radius 2 is 1.71 bits per heavy atom. The first-order valence-corrected chi connectivity index (χ1v) is 7.23. The lowest BCUT2D eigenvalue weighted by molar-refractivity contribution is -0.165. The summed E-state index contributed by atoms with van der Waals surface area (Å²) in [6, 6.07) is 7.42. The lowest BCUT2D eigenvalue weighted by Gasteiger charge is -2.39. The molecule has 0 radical (unpaired) electrons. The van der Waals surface area contributed by atoms with Crippen molar-refractivity contribution in [3.63, 3.8) is 0 Å². The number of benzene rings is 1. The highest BCUT2D eigenvalue weighted by atomic mass is 16.6. The van der Waals surface area contributed by atoms with Gasteiger partial charge in [-0.25, -0.2) is 0 Å². The van der Waals surface area contributed by atoms with Gasteiger partial charge in [-0.2, -0.15) is 0 Å². The highest BCUT2D eigenvalue weighted by Gasteiger charge is 2.53. The zero-order valence-electron chi connectivity index (χ0n) is 12.7. The predicted molar refractivity (Wildman–Crippen MR) is 79.3 cm³/mol. The van der Waals surface area contributed by atoms with E-state index in [0.29, 0.717) is 18.5 Å². The molecule has 0 aromatic heterocycles. The second kappa shape index (κ2) is 6.16. The fourth-order valence-electron chi connectivity index (χ4n) is 2.77. The van der Waals surface area contributed by atoms with Crippen molar-refractivity contribution in [2.75, 3.05) is 31.7 Å². The van der Waals surface area contributed by atoms with Gasteiger partial charge in [0.05, 0.1) is 13.2 Å². The second-order valence-electron chi connectivity index (χ2n) is 5.03. The Morgan fingerprint density at radius 1 is 1.14 bits per heavy atom. The van der Waals surface area contributed by atoms with E-state index in [0.717, 1.165) is 5.69 Å². The van der Waals surface area contributed by atoms with Crippen LogP contribution >= 0.6 is 0 Å². The van der Waals surface area contributed by atoms with Crippen molar-refractivity contribution in [1.82, 2.24) is 0 Å². The largest absolute Gasteiger partial charge is 0.465 e. The molecular weight excluding hydrogens is 270 g/mol. The number of hydrogen-bond donors (Lipinski definition) is 0. The first-order valence-electron chi connectivity index (χ1n) is 7.23. The number of carbonyl (C=O) groups excluding carboxylic acids is 2. The van der Waals surface area contributed by atoms with Crippen molar-refractivity contribution in [2.24, 2.45) is 0 Å². The van der Waals surface area contributed by atoms with Crippen LogP contribution in [0.1, 0.15) is 25.8 Å². The van der Waals surface area contributed by atoms with Crippen LogP contribution in [0.15, 0.2) is 24.3 Å². The molecule has 0 unspecified atom stereocenters. The molecule has 0 bridgehead atoms. The second-order valence-corrected chi connectivity index (χ2v) is 5.03. The standard InChI is InChI=1S/C16H21NO4/c1-4-20-14(18)16(15(19)21-5-2)10-11-17(3)13-9-7-6-8-12(13)16/h6-9H,4-5,10-11H2,1-3H3. The number of nitrogens with zero attached hydrogens (tertiary/aromatic N) is 1. The molecular formula is C16H21NO4. The van der Waals surface area contributed by atoms with Gasteiger partial charge in [0.2, 0.25) is 0 Å². The van der Waals surface area contributed by atoms with E-state index in [4.69, 9.17) is 9.47 Å². The number of carbonyl (C=O) groups is 2. The molecule has 0 atom stereocenters. The molecule has 0 fully saturated rings. The first kappa shape index (κ1) is 15.4. The number of anilines is 1. The fourth-order valence-corrected chi connectivity index (χ4v) is 2.77. The van der Waals surface area contributed by atoms with Gasteiger partial charge in [0.15, 0.2) is 5.41 Å². The van der Waals surface area contributed by atoms with Crippen molar-refractivity contribution in [2.45, 2.75) is 25.7 Å². The van der Waals surface area contributed by atoms with Crippen LogP contribution in [0.4, 0.5) is 5.69 Å². The molecule has 0 aliphatic carbocycles. The van der Waals surface area contributed by atoms with Crippen LogP contribution in [0, 0.1) is 0 Å². The molecule has 0 saturated carbocycles. The number of ether oxygens (including phenoxy) is 2. The van der Waals surface area contributed by atoms with Crippen molar-refractivity contribution >= 4 is 17.6 Å². The summed E-state index contributed by atoms with van der Waals surface area (Å²) in [4.78, 5) is 27.2. The lowest BCUT2D eigenvalue weighted by atomic mass is 9.74. The van der Waals surface area contributed by atoms with Gasteiger partial charge in [-0.1, -0.05) is 18.2 Å². The van der Waals surface area contributed by atoms with Crippen molar-refractivity contribution in [3.8, 4) is 0 Å². The molecule has 1 aliphatic heterocycles. The van der Waals surface area contributed by atoms with Crippen molar-refractivity contribution < 1.29 is 19.1 Å². The van der Waals surface area contributed by atoms with Gasteiger partial charge in [-0.3, -0.25) is 9.59 Å². The highest BCUT2D eigenvalue weighted by molar-refractivity contribution is 6.08. The molecule has 1 heterocycles. The molecule has 0 N–H and O–H groups in total. The minimum Gasteiger partial charge on any atom is -0.465 e. The molecule has 1 aromatic rings. The van der Waals surface area contributed by atoms with Crippen LogP contribution in [-0.2, 0) is 24.5 Å². The number of rotatable bonds is 4. The Balaban J connectivity index is 2.58. The minimum absolute atomic E-state index is 0.234. The summed E-state index contributed by atoms with van der Waals surface area (Å²) in [5.74, 6) is -1.05. The number of para-hydroxylation sites is 1. The van der Waals surface area contributed by atoms with Gasteiger partial charge in [0, 0.05) is 24.8 Å². The third-order valence-corrected chi connectivity index (χ3v) is 3.85. The summed E-state index contributed by atoms with van der Waals surface area (Å²) in [7, 11) is 1.94. The van der Waals surface area contributed by atoms with Crippen LogP contribution in [-0.4, -0.2) is 38.7 Å². The van der Waals surface area contributed by atoms with E-state index in [2.05, 4.69) is 0 Å². The Bertz CT molecular complexity index is 523. The van der Waals surface area contributed by atoms with Gasteiger partial charge in [0.25, 0.3) is 0 Å². The van der Waals surface area contributed by atoms with Gasteiger partial charge in [-0.15, -0.1) is 0 Å². The Hall–Kier alpha value is -2.04. The van der Waals surface area contributed by atoms with Crippen molar-refractivity contribution in [3.05, 3.63) is 29.8 Å². The van der Waals surface area contributed by atoms with E-state index < -0.39 is 17.4 Å². The normalized spacial score (nSPS) is 16.0. The van der Waals surface area contributed by atoms with Gasteiger partial charge >= 0.3 is 11.9 Å². The molecule has 2 rings (SSSR count). The Labute approximate surface area is 124 Å². The minimum atomic E-state index is -1.35. The molecule has 1 aliphatic rings. The van der Waals surface area contributed by atoms with Crippen LogP contribution in [0.2, 0.25) is 0 Å². The van der Waals surface area contributed by atoms with E-state index in [1.165, 1.54) is 0 Å². The fraction of sp³-hybridized carbons (Fsp3) is 0.500. The maximum Gasteiger partial charge on any atom is 0.328 e. The monoisotopic (exact) mass is 291 g/mol. The SMILES string of the molecule is CCOC(=O)C1(C(=O)OCC)CCN(C)c2ccccc21. The molecule has 0 saturated heterocycles. The smallest absolute Gasteiger partial charge is 0.328 e. The van der Waals surface area contributed by atoms with E-state index >= 15 is 0 Å². The van der Waals surface area contributed by atoms with Crippen molar-refractivity contribution in [1.29, 1.82) is 0 Å². The third kappa shape index (κ3) is 2.48. The average Bonchev–Trinajstić information content (AvgIpc) is 2.48. The molecule has 1 aromatic carbocycles. The summed E-state index contributed by atoms with van der Waals surface area (Å²) in [5, 5.41) is 0. The number of hydrogen-bond acceptors (Lipinski definition) is 5. The Kier molecular flexibility index (Phi) is 4.50. The summed E-state index contributed by atoms with van der Waals surface area (Å²) >= 11 is 0. The maximum absolute atomic E-state index is 12.6. The van der Waals surface area contributed by atoms with Crippen LogP contribution < -0.4 is 4.90 Å².